The number of epoxide rings is 1. The zero-order chi connectivity index (χ0) is 13.9. The van der Waals surface area contributed by atoms with E-state index >= 15 is 0 Å². The van der Waals surface area contributed by atoms with E-state index in [2.05, 4.69) is 6.58 Å². The summed E-state index contributed by atoms with van der Waals surface area (Å²) >= 11 is 0. The third kappa shape index (κ3) is 9.71. The van der Waals surface area contributed by atoms with Crippen LogP contribution in [0.25, 0.3) is 0 Å². The maximum absolute atomic E-state index is 11.1. The first-order valence-electron chi connectivity index (χ1n) is 7.64. The van der Waals surface area contributed by atoms with Crippen molar-refractivity contribution < 1.29 is 14.3 Å². The van der Waals surface area contributed by atoms with Gasteiger partial charge in [-0.15, -0.1) is 0 Å². The van der Waals surface area contributed by atoms with Gasteiger partial charge in [-0.25, -0.2) is 4.79 Å². The number of esters is 1. The van der Waals surface area contributed by atoms with Gasteiger partial charge in [0.2, 0.25) is 0 Å². The lowest BCUT2D eigenvalue weighted by Gasteiger charge is -2.04. The molecule has 1 rings (SSSR count). The van der Waals surface area contributed by atoms with Crippen LogP contribution in [0.5, 0.6) is 0 Å². The van der Waals surface area contributed by atoms with Crippen LogP contribution >= 0.6 is 0 Å². The van der Waals surface area contributed by atoms with Crippen molar-refractivity contribution in [2.24, 2.45) is 0 Å². The SMILES string of the molecule is C=C(C)C(=O)OCCCCCCCCCCC1CO1. The van der Waals surface area contributed by atoms with Gasteiger partial charge >= 0.3 is 5.97 Å². The Bertz CT molecular complexity index is 269. The summed E-state index contributed by atoms with van der Waals surface area (Å²) in [5.41, 5.74) is 0.483. The van der Waals surface area contributed by atoms with Crippen LogP contribution in [0.1, 0.15) is 64.7 Å². The first kappa shape index (κ1) is 16.2. The molecule has 0 aromatic rings. The lowest BCUT2D eigenvalue weighted by molar-refractivity contribution is -0.139. The molecule has 1 fully saturated rings. The molecule has 3 nitrogen and oxygen atoms in total. The zero-order valence-electron chi connectivity index (χ0n) is 12.3. The van der Waals surface area contributed by atoms with E-state index in [1.165, 1.54) is 44.9 Å². The third-order valence-corrected chi connectivity index (χ3v) is 3.40. The number of carbonyl (C=O) groups is 1. The molecule has 0 N–H and O–H groups in total. The van der Waals surface area contributed by atoms with Gasteiger partial charge in [-0.05, 0) is 19.8 Å². The fourth-order valence-corrected chi connectivity index (χ4v) is 2.06. The molecule has 3 heteroatoms. The van der Waals surface area contributed by atoms with E-state index in [9.17, 15) is 4.79 Å². The summed E-state index contributed by atoms with van der Waals surface area (Å²) in [5, 5.41) is 0. The minimum Gasteiger partial charge on any atom is -0.462 e. The van der Waals surface area contributed by atoms with Crippen molar-refractivity contribution in [3.8, 4) is 0 Å². The summed E-state index contributed by atoms with van der Waals surface area (Å²) in [6, 6.07) is 0. The number of hydrogen-bond donors (Lipinski definition) is 0. The van der Waals surface area contributed by atoms with Gasteiger partial charge in [0.1, 0.15) is 0 Å². The summed E-state index contributed by atoms with van der Waals surface area (Å²) in [4.78, 5) is 11.1. The van der Waals surface area contributed by atoms with Gasteiger partial charge in [-0.3, -0.25) is 0 Å². The molecule has 0 aromatic heterocycles. The highest BCUT2D eigenvalue weighted by molar-refractivity contribution is 5.86. The lowest BCUT2D eigenvalue weighted by atomic mass is 10.1. The second-order valence-electron chi connectivity index (χ2n) is 5.49. The van der Waals surface area contributed by atoms with Crippen molar-refractivity contribution in [2.45, 2.75) is 70.8 Å². The minimum absolute atomic E-state index is 0.264. The van der Waals surface area contributed by atoms with Crippen molar-refractivity contribution in [1.82, 2.24) is 0 Å². The molecule has 0 spiro atoms. The van der Waals surface area contributed by atoms with Gasteiger partial charge in [-0.2, -0.15) is 0 Å². The summed E-state index contributed by atoms with van der Waals surface area (Å²) in [6.45, 7) is 6.76. The van der Waals surface area contributed by atoms with E-state index in [0.29, 0.717) is 18.3 Å². The van der Waals surface area contributed by atoms with Gasteiger partial charge in [0.15, 0.2) is 0 Å². The third-order valence-electron chi connectivity index (χ3n) is 3.40. The number of carbonyl (C=O) groups excluding carboxylic acids is 1. The quantitative estimate of drug-likeness (QED) is 0.232. The second kappa shape index (κ2) is 10.0. The Morgan fingerprint density at radius 2 is 1.63 bits per heavy atom. The predicted octanol–water partition coefficient (Wildman–Crippen LogP) is 4.02. The van der Waals surface area contributed by atoms with Crippen molar-refractivity contribution in [2.75, 3.05) is 13.2 Å². The average Bonchev–Trinajstić information content (AvgIpc) is 3.19. The van der Waals surface area contributed by atoms with E-state index < -0.39 is 0 Å². The summed E-state index contributed by atoms with van der Waals surface area (Å²) < 4.78 is 10.2. The first-order valence-corrected chi connectivity index (χ1v) is 7.64. The molecule has 1 aliphatic heterocycles. The normalized spacial score (nSPS) is 17.2. The largest absolute Gasteiger partial charge is 0.462 e. The van der Waals surface area contributed by atoms with Gasteiger partial charge in [0, 0.05) is 5.57 Å². The number of unbranched alkanes of at least 4 members (excludes halogenated alkanes) is 7. The van der Waals surface area contributed by atoms with Crippen LogP contribution in [0.4, 0.5) is 0 Å². The van der Waals surface area contributed by atoms with E-state index in [-0.39, 0.29) is 5.97 Å². The number of rotatable bonds is 12. The number of ether oxygens (including phenoxy) is 2. The Labute approximate surface area is 117 Å². The van der Waals surface area contributed by atoms with Gasteiger partial charge in [-0.1, -0.05) is 51.5 Å². The molecule has 1 aliphatic rings. The van der Waals surface area contributed by atoms with Gasteiger partial charge < -0.3 is 9.47 Å². The molecule has 1 unspecified atom stereocenters. The van der Waals surface area contributed by atoms with Crippen LogP contribution < -0.4 is 0 Å². The highest BCUT2D eigenvalue weighted by Gasteiger charge is 2.20. The Hall–Kier alpha value is -0.830. The molecule has 0 bridgehead atoms. The van der Waals surface area contributed by atoms with Crippen molar-refractivity contribution in [3.05, 3.63) is 12.2 Å². The molecule has 1 saturated heterocycles. The van der Waals surface area contributed by atoms with Crippen molar-refractivity contribution in [3.63, 3.8) is 0 Å². The Kier molecular flexibility index (Phi) is 8.55. The van der Waals surface area contributed by atoms with Crippen molar-refractivity contribution in [1.29, 1.82) is 0 Å². The monoisotopic (exact) mass is 268 g/mol. The van der Waals surface area contributed by atoms with Crippen LogP contribution in [-0.2, 0) is 14.3 Å². The minimum atomic E-state index is -0.264. The zero-order valence-corrected chi connectivity index (χ0v) is 12.3. The van der Waals surface area contributed by atoms with E-state index in [4.69, 9.17) is 9.47 Å². The van der Waals surface area contributed by atoms with Crippen LogP contribution in [0.15, 0.2) is 12.2 Å². The van der Waals surface area contributed by atoms with E-state index in [1.807, 2.05) is 0 Å². The lowest BCUT2D eigenvalue weighted by Crippen LogP contribution is -2.05. The van der Waals surface area contributed by atoms with Gasteiger partial charge in [0.05, 0.1) is 19.3 Å². The molecular formula is C16H28O3. The van der Waals surface area contributed by atoms with E-state index in [1.54, 1.807) is 6.92 Å². The van der Waals surface area contributed by atoms with Crippen LogP contribution in [0, 0.1) is 0 Å². The molecule has 0 aliphatic carbocycles. The molecule has 0 saturated carbocycles. The summed E-state index contributed by atoms with van der Waals surface area (Å²) in [5.74, 6) is -0.264. The molecule has 1 atom stereocenters. The van der Waals surface area contributed by atoms with Gasteiger partial charge in [0.25, 0.3) is 0 Å². The summed E-state index contributed by atoms with van der Waals surface area (Å²) in [7, 11) is 0. The van der Waals surface area contributed by atoms with Crippen LogP contribution in [0.3, 0.4) is 0 Å². The highest BCUT2D eigenvalue weighted by atomic mass is 16.6. The topological polar surface area (TPSA) is 38.8 Å². The fourth-order valence-electron chi connectivity index (χ4n) is 2.06. The van der Waals surface area contributed by atoms with Crippen molar-refractivity contribution >= 4 is 5.97 Å². The Balaban J connectivity index is 1.71. The number of hydrogen-bond acceptors (Lipinski definition) is 3. The molecule has 0 radical (unpaired) electrons. The molecular weight excluding hydrogens is 240 g/mol. The smallest absolute Gasteiger partial charge is 0.333 e. The molecule has 110 valence electrons. The second-order valence-corrected chi connectivity index (χ2v) is 5.49. The molecule has 1 heterocycles. The Morgan fingerprint density at radius 1 is 1.11 bits per heavy atom. The van der Waals surface area contributed by atoms with E-state index in [0.717, 1.165) is 19.4 Å². The maximum atomic E-state index is 11.1. The molecule has 0 amide bonds. The predicted molar refractivity (Wildman–Crippen MR) is 77.1 cm³/mol. The first-order chi connectivity index (χ1) is 9.20. The fraction of sp³-hybridized carbons (Fsp3) is 0.812. The molecule has 0 aromatic carbocycles. The molecule has 19 heavy (non-hydrogen) atoms. The van der Waals surface area contributed by atoms with Crippen LogP contribution in [0.2, 0.25) is 0 Å². The summed E-state index contributed by atoms with van der Waals surface area (Å²) in [6.07, 6.45) is 11.9. The standard InChI is InChI=1S/C16H28O3/c1-14(2)16(17)18-12-10-8-6-4-3-5-7-9-11-15-13-19-15/h15H,1,3-13H2,2H3. The Morgan fingerprint density at radius 3 is 2.16 bits per heavy atom. The average molecular weight is 268 g/mol. The van der Waals surface area contributed by atoms with Crippen LogP contribution in [-0.4, -0.2) is 25.3 Å². The highest BCUT2D eigenvalue weighted by Crippen LogP contribution is 2.18. The maximum Gasteiger partial charge on any atom is 0.333 e.